The molecule has 0 saturated heterocycles. The van der Waals surface area contributed by atoms with Crippen LogP contribution < -0.4 is 0 Å². The lowest BCUT2D eigenvalue weighted by atomic mass is 9.99. The van der Waals surface area contributed by atoms with Gasteiger partial charge in [-0.2, -0.15) is 5.10 Å². The molecule has 0 unspecified atom stereocenters. The number of aryl methyl sites for hydroxylation is 3. The topological polar surface area (TPSA) is 55.1 Å². The van der Waals surface area contributed by atoms with Crippen molar-refractivity contribution in [3.8, 4) is 0 Å². The van der Waals surface area contributed by atoms with Crippen LogP contribution >= 0.6 is 23.2 Å². The minimum absolute atomic E-state index is 0.0293. The summed E-state index contributed by atoms with van der Waals surface area (Å²) >= 11 is 12.2. The standard InChI is InChI=1S/C20H17Cl2FN2O2/c1-12-8-19(20(26)27)24-25(12)11-15-9-17(23)7-5-13(15)2-3-14-4-6-16(21)10-18(14)22/h4-10H,2-3,11H2,1H3,(H,26,27). The summed E-state index contributed by atoms with van der Waals surface area (Å²) in [6.45, 7) is 2.06. The third-order valence-corrected chi connectivity index (χ3v) is 4.95. The Morgan fingerprint density at radius 2 is 1.78 bits per heavy atom. The number of carbonyl (C=O) groups is 1. The molecule has 0 atom stereocenters. The molecule has 1 aromatic heterocycles. The Labute approximate surface area is 166 Å². The van der Waals surface area contributed by atoms with Gasteiger partial charge in [-0.25, -0.2) is 9.18 Å². The van der Waals surface area contributed by atoms with Gasteiger partial charge < -0.3 is 5.11 Å². The molecule has 0 saturated carbocycles. The van der Waals surface area contributed by atoms with Gasteiger partial charge in [-0.3, -0.25) is 4.68 Å². The van der Waals surface area contributed by atoms with E-state index in [0.29, 0.717) is 35.1 Å². The predicted molar refractivity (Wildman–Crippen MR) is 103 cm³/mol. The van der Waals surface area contributed by atoms with Crippen molar-refractivity contribution in [3.05, 3.63) is 86.4 Å². The molecule has 0 aliphatic rings. The number of hydrogen-bond donors (Lipinski definition) is 1. The van der Waals surface area contributed by atoms with E-state index in [9.17, 15) is 9.18 Å². The van der Waals surface area contributed by atoms with Gasteiger partial charge in [0, 0.05) is 15.7 Å². The van der Waals surface area contributed by atoms with Gasteiger partial charge in [0.15, 0.2) is 5.69 Å². The predicted octanol–water partition coefficient (Wildman–Crippen LogP) is 5.17. The number of aromatic carboxylic acids is 1. The Morgan fingerprint density at radius 3 is 2.44 bits per heavy atom. The number of nitrogens with zero attached hydrogens (tertiary/aromatic N) is 2. The highest BCUT2D eigenvalue weighted by atomic mass is 35.5. The highest BCUT2D eigenvalue weighted by molar-refractivity contribution is 6.35. The molecule has 0 bridgehead atoms. The summed E-state index contributed by atoms with van der Waals surface area (Å²) in [6.07, 6.45) is 1.33. The molecule has 4 nitrogen and oxygen atoms in total. The van der Waals surface area contributed by atoms with E-state index in [2.05, 4.69) is 5.10 Å². The first-order chi connectivity index (χ1) is 12.8. The lowest BCUT2D eigenvalue weighted by Gasteiger charge is -2.12. The molecule has 0 aliphatic heterocycles. The van der Waals surface area contributed by atoms with Gasteiger partial charge in [-0.15, -0.1) is 0 Å². The Morgan fingerprint density at radius 1 is 1.07 bits per heavy atom. The Balaban J connectivity index is 1.84. The van der Waals surface area contributed by atoms with Crippen molar-refractivity contribution >= 4 is 29.2 Å². The molecule has 1 N–H and O–H groups in total. The van der Waals surface area contributed by atoms with Crippen LogP contribution in [0.1, 0.15) is 32.9 Å². The van der Waals surface area contributed by atoms with Gasteiger partial charge >= 0.3 is 5.97 Å². The molecular weight excluding hydrogens is 390 g/mol. The van der Waals surface area contributed by atoms with Crippen molar-refractivity contribution in [1.82, 2.24) is 9.78 Å². The lowest BCUT2D eigenvalue weighted by molar-refractivity contribution is 0.0689. The Hall–Kier alpha value is -2.37. The van der Waals surface area contributed by atoms with E-state index in [1.54, 1.807) is 29.8 Å². The maximum absolute atomic E-state index is 13.8. The smallest absolute Gasteiger partial charge is 0.356 e. The summed E-state index contributed by atoms with van der Waals surface area (Å²) in [6, 6.07) is 11.5. The summed E-state index contributed by atoms with van der Waals surface area (Å²) < 4.78 is 15.4. The summed E-state index contributed by atoms with van der Waals surface area (Å²) in [5, 5.41) is 14.3. The fraction of sp³-hybridized carbons (Fsp3) is 0.200. The maximum atomic E-state index is 13.8. The molecule has 0 aliphatic carbocycles. The maximum Gasteiger partial charge on any atom is 0.356 e. The number of carboxylic acids is 1. The highest BCUT2D eigenvalue weighted by Crippen LogP contribution is 2.23. The molecule has 140 valence electrons. The molecule has 0 spiro atoms. The molecule has 0 amide bonds. The molecule has 3 aromatic rings. The lowest BCUT2D eigenvalue weighted by Crippen LogP contribution is -2.09. The first kappa shape index (κ1) is 19.4. The van der Waals surface area contributed by atoms with Gasteiger partial charge in [0.2, 0.25) is 0 Å². The Kier molecular flexibility index (Phi) is 5.82. The number of carboxylic acid groups (broad SMARTS) is 1. The fourth-order valence-electron chi connectivity index (χ4n) is 2.92. The van der Waals surface area contributed by atoms with Crippen molar-refractivity contribution < 1.29 is 14.3 Å². The average Bonchev–Trinajstić information content (AvgIpc) is 2.97. The molecule has 7 heteroatoms. The third kappa shape index (κ3) is 4.67. The number of aromatic nitrogens is 2. The minimum Gasteiger partial charge on any atom is -0.476 e. The van der Waals surface area contributed by atoms with Gasteiger partial charge in [-0.1, -0.05) is 35.3 Å². The minimum atomic E-state index is -1.09. The molecule has 0 fully saturated rings. The van der Waals surface area contributed by atoms with Crippen molar-refractivity contribution in [2.45, 2.75) is 26.3 Å². The zero-order valence-corrected chi connectivity index (χ0v) is 16.1. The monoisotopic (exact) mass is 406 g/mol. The summed E-state index contributed by atoms with van der Waals surface area (Å²) in [4.78, 5) is 11.1. The van der Waals surface area contributed by atoms with E-state index >= 15 is 0 Å². The van der Waals surface area contributed by atoms with E-state index in [-0.39, 0.29) is 11.5 Å². The van der Waals surface area contributed by atoms with Crippen LogP contribution in [-0.4, -0.2) is 20.9 Å². The second-order valence-corrected chi connectivity index (χ2v) is 7.13. The van der Waals surface area contributed by atoms with Crippen LogP contribution in [-0.2, 0) is 19.4 Å². The van der Waals surface area contributed by atoms with Gasteiger partial charge in [0.25, 0.3) is 0 Å². The average molecular weight is 407 g/mol. The van der Waals surface area contributed by atoms with Crippen LogP contribution in [0.3, 0.4) is 0 Å². The van der Waals surface area contributed by atoms with E-state index in [1.807, 2.05) is 6.07 Å². The van der Waals surface area contributed by atoms with Crippen molar-refractivity contribution in [3.63, 3.8) is 0 Å². The van der Waals surface area contributed by atoms with E-state index in [1.165, 1.54) is 18.2 Å². The highest BCUT2D eigenvalue weighted by Gasteiger charge is 2.13. The Bertz CT molecular complexity index is 1000. The summed E-state index contributed by atoms with van der Waals surface area (Å²) in [5.74, 6) is -1.43. The zero-order valence-electron chi connectivity index (χ0n) is 14.5. The van der Waals surface area contributed by atoms with E-state index in [4.69, 9.17) is 28.3 Å². The summed E-state index contributed by atoms with van der Waals surface area (Å²) in [5.41, 5.74) is 3.33. The van der Waals surface area contributed by atoms with Crippen molar-refractivity contribution in [2.24, 2.45) is 0 Å². The summed E-state index contributed by atoms with van der Waals surface area (Å²) in [7, 11) is 0. The van der Waals surface area contributed by atoms with Crippen LogP contribution in [0.15, 0.2) is 42.5 Å². The number of rotatable bonds is 6. The van der Waals surface area contributed by atoms with Crippen molar-refractivity contribution in [1.29, 1.82) is 0 Å². The molecular formula is C20H17Cl2FN2O2. The number of halogens is 3. The SMILES string of the molecule is Cc1cc(C(=O)O)nn1Cc1cc(F)ccc1CCc1ccc(Cl)cc1Cl. The van der Waals surface area contributed by atoms with Crippen LogP contribution in [0.4, 0.5) is 4.39 Å². The van der Waals surface area contributed by atoms with Crippen LogP contribution in [0.5, 0.6) is 0 Å². The van der Waals surface area contributed by atoms with E-state index < -0.39 is 5.97 Å². The quantitative estimate of drug-likeness (QED) is 0.614. The molecule has 0 radical (unpaired) electrons. The van der Waals surface area contributed by atoms with Gasteiger partial charge in [0.05, 0.1) is 6.54 Å². The van der Waals surface area contributed by atoms with Crippen LogP contribution in [0.25, 0.3) is 0 Å². The number of benzene rings is 2. The molecule has 2 aromatic carbocycles. The normalized spacial score (nSPS) is 11.0. The van der Waals surface area contributed by atoms with Crippen molar-refractivity contribution in [2.75, 3.05) is 0 Å². The van der Waals surface area contributed by atoms with Gasteiger partial charge in [-0.05, 0) is 66.8 Å². The van der Waals surface area contributed by atoms with E-state index in [0.717, 1.165) is 16.7 Å². The first-order valence-electron chi connectivity index (χ1n) is 8.32. The van der Waals surface area contributed by atoms with Gasteiger partial charge in [0.1, 0.15) is 5.82 Å². The molecule has 1 heterocycles. The molecule has 3 rings (SSSR count). The van der Waals surface area contributed by atoms with Crippen LogP contribution in [0.2, 0.25) is 10.0 Å². The fourth-order valence-corrected chi connectivity index (χ4v) is 3.42. The third-order valence-electron chi connectivity index (χ3n) is 4.37. The largest absolute Gasteiger partial charge is 0.476 e. The second-order valence-electron chi connectivity index (χ2n) is 6.28. The van der Waals surface area contributed by atoms with Crippen LogP contribution in [0, 0.1) is 12.7 Å². The first-order valence-corrected chi connectivity index (χ1v) is 9.08. The number of hydrogen-bond acceptors (Lipinski definition) is 2. The molecule has 27 heavy (non-hydrogen) atoms. The second kappa shape index (κ2) is 8.11. The zero-order chi connectivity index (χ0) is 19.6.